The Balaban J connectivity index is 3.20. The highest BCUT2D eigenvalue weighted by atomic mass is 16.3. The SMILES string of the molecule is CCCCCCCCCCC(C)(O)CCN. The second kappa shape index (κ2) is 10.1. The number of hydrogen-bond acceptors (Lipinski definition) is 2. The van der Waals surface area contributed by atoms with Crippen molar-refractivity contribution in [3.05, 3.63) is 0 Å². The molecule has 0 saturated heterocycles. The number of rotatable bonds is 11. The quantitative estimate of drug-likeness (QED) is 0.532. The van der Waals surface area contributed by atoms with Crippen molar-refractivity contribution in [2.75, 3.05) is 6.54 Å². The van der Waals surface area contributed by atoms with Crippen molar-refractivity contribution in [3.63, 3.8) is 0 Å². The van der Waals surface area contributed by atoms with Gasteiger partial charge in [-0.25, -0.2) is 0 Å². The van der Waals surface area contributed by atoms with Crippen molar-refractivity contribution in [1.29, 1.82) is 0 Å². The van der Waals surface area contributed by atoms with E-state index in [-0.39, 0.29) is 0 Å². The predicted octanol–water partition coefficient (Wildman–Crippen LogP) is 3.62. The van der Waals surface area contributed by atoms with Crippen molar-refractivity contribution in [2.45, 2.75) is 83.7 Å². The lowest BCUT2D eigenvalue weighted by atomic mass is 9.94. The van der Waals surface area contributed by atoms with Gasteiger partial charge in [-0.1, -0.05) is 58.3 Å². The molecule has 1 atom stereocenters. The highest BCUT2D eigenvalue weighted by Crippen LogP contribution is 2.18. The van der Waals surface area contributed by atoms with Gasteiger partial charge in [-0.05, 0) is 26.3 Å². The zero-order valence-corrected chi connectivity index (χ0v) is 11.3. The minimum absolute atomic E-state index is 0.531. The van der Waals surface area contributed by atoms with Crippen LogP contribution in [0.3, 0.4) is 0 Å². The second-order valence-corrected chi connectivity index (χ2v) is 5.26. The summed E-state index contributed by atoms with van der Waals surface area (Å²) in [6, 6.07) is 0. The average molecular weight is 229 g/mol. The fourth-order valence-electron chi connectivity index (χ4n) is 2.08. The van der Waals surface area contributed by atoms with Crippen LogP contribution in [0.25, 0.3) is 0 Å². The molecule has 2 heteroatoms. The maximum atomic E-state index is 9.91. The van der Waals surface area contributed by atoms with E-state index in [0.717, 1.165) is 19.3 Å². The summed E-state index contributed by atoms with van der Waals surface area (Å²) in [5.74, 6) is 0. The third-order valence-electron chi connectivity index (χ3n) is 3.25. The summed E-state index contributed by atoms with van der Waals surface area (Å²) < 4.78 is 0. The Kier molecular flexibility index (Phi) is 10.0. The normalized spacial score (nSPS) is 15.0. The van der Waals surface area contributed by atoms with Gasteiger partial charge in [0, 0.05) is 0 Å². The lowest BCUT2D eigenvalue weighted by Crippen LogP contribution is -2.27. The average Bonchev–Trinajstić information content (AvgIpc) is 2.22. The maximum Gasteiger partial charge on any atom is 0.0631 e. The number of hydrogen-bond donors (Lipinski definition) is 2. The van der Waals surface area contributed by atoms with Gasteiger partial charge in [-0.3, -0.25) is 0 Å². The lowest BCUT2D eigenvalue weighted by Gasteiger charge is -2.22. The molecule has 0 spiro atoms. The molecule has 98 valence electrons. The fraction of sp³-hybridized carbons (Fsp3) is 1.00. The Labute approximate surface area is 102 Å². The van der Waals surface area contributed by atoms with Crippen LogP contribution in [-0.2, 0) is 0 Å². The topological polar surface area (TPSA) is 46.2 Å². The molecule has 0 heterocycles. The summed E-state index contributed by atoms with van der Waals surface area (Å²) >= 11 is 0. The van der Waals surface area contributed by atoms with Gasteiger partial charge in [0.15, 0.2) is 0 Å². The Morgan fingerprint density at radius 2 is 1.38 bits per heavy atom. The lowest BCUT2D eigenvalue weighted by molar-refractivity contribution is 0.0418. The molecule has 0 saturated carbocycles. The Morgan fingerprint density at radius 3 is 1.88 bits per heavy atom. The van der Waals surface area contributed by atoms with E-state index in [0.29, 0.717) is 6.54 Å². The van der Waals surface area contributed by atoms with Crippen LogP contribution in [0.2, 0.25) is 0 Å². The van der Waals surface area contributed by atoms with Gasteiger partial charge in [0.1, 0.15) is 0 Å². The van der Waals surface area contributed by atoms with Crippen LogP contribution in [0.5, 0.6) is 0 Å². The Hall–Kier alpha value is -0.0800. The first-order valence-electron chi connectivity index (χ1n) is 7.05. The Bertz CT molecular complexity index is 146. The van der Waals surface area contributed by atoms with Crippen molar-refractivity contribution in [3.8, 4) is 0 Å². The molecule has 1 unspecified atom stereocenters. The molecule has 0 aromatic carbocycles. The minimum Gasteiger partial charge on any atom is -0.390 e. The zero-order valence-electron chi connectivity index (χ0n) is 11.3. The van der Waals surface area contributed by atoms with Gasteiger partial charge in [0.05, 0.1) is 5.60 Å². The van der Waals surface area contributed by atoms with Gasteiger partial charge in [0.2, 0.25) is 0 Å². The van der Waals surface area contributed by atoms with E-state index in [9.17, 15) is 5.11 Å². The van der Waals surface area contributed by atoms with Gasteiger partial charge in [-0.15, -0.1) is 0 Å². The van der Waals surface area contributed by atoms with Crippen molar-refractivity contribution < 1.29 is 5.11 Å². The highest BCUT2D eigenvalue weighted by molar-refractivity contribution is 4.72. The van der Waals surface area contributed by atoms with E-state index in [1.807, 2.05) is 6.92 Å². The standard InChI is InChI=1S/C14H31NO/c1-3-4-5-6-7-8-9-10-11-14(2,16)12-13-15/h16H,3-13,15H2,1-2H3. The summed E-state index contributed by atoms with van der Waals surface area (Å²) in [6.45, 7) is 4.74. The Morgan fingerprint density at radius 1 is 0.875 bits per heavy atom. The highest BCUT2D eigenvalue weighted by Gasteiger charge is 2.17. The summed E-state index contributed by atoms with van der Waals surface area (Å²) in [4.78, 5) is 0. The van der Waals surface area contributed by atoms with E-state index in [4.69, 9.17) is 5.73 Å². The molecular formula is C14H31NO. The first kappa shape index (κ1) is 15.9. The molecular weight excluding hydrogens is 198 g/mol. The first-order chi connectivity index (χ1) is 7.62. The van der Waals surface area contributed by atoms with Crippen LogP contribution >= 0.6 is 0 Å². The molecule has 0 aliphatic rings. The van der Waals surface area contributed by atoms with Crippen LogP contribution in [0.15, 0.2) is 0 Å². The number of nitrogens with two attached hydrogens (primary N) is 1. The molecule has 0 aromatic rings. The molecule has 16 heavy (non-hydrogen) atoms. The first-order valence-corrected chi connectivity index (χ1v) is 7.05. The van der Waals surface area contributed by atoms with Crippen LogP contribution < -0.4 is 5.73 Å². The van der Waals surface area contributed by atoms with Crippen molar-refractivity contribution in [2.24, 2.45) is 5.73 Å². The summed E-state index contributed by atoms with van der Waals surface area (Å²) in [7, 11) is 0. The third kappa shape index (κ3) is 10.4. The largest absolute Gasteiger partial charge is 0.390 e. The van der Waals surface area contributed by atoms with Crippen molar-refractivity contribution >= 4 is 0 Å². The van der Waals surface area contributed by atoms with E-state index in [1.54, 1.807) is 0 Å². The van der Waals surface area contributed by atoms with E-state index in [1.165, 1.54) is 44.9 Å². The molecule has 3 N–H and O–H groups in total. The minimum atomic E-state index is -0.531. The molecule has 0 aromatic heterocycles. The van der Waals surface area contributed by atoms with Crippen LogP contribution in [0.1, 0.15) is 78.1 Å². The summed E-state index contributed by atoms with van der Waals surface area (Å²) in [5, 5.41) is 9.91. The predicted molar refractivity (Wildman–Crippen MR) is 71.5 cm³/mol. The molecule has 0 aliphatic carbocycles. The second-order valence-electron chi connectivity index (χ2n) is 5.26. The molecule has 2 nitrogen and oxygen atoms in total. The van der Waals surface area contributed by atoms with Gasteiger partial charge < -0.3 is 10.8 Å². The molecule has 0 fully saturated rings. The van der Waals surface area contributed by atoms with Gasteiger partial charge in [-0.2, -0.15) is 0 Å². The van der Waals surface area contributed by atoms with Crippen molar-refractivity contribution in [1.82, 2.24) is 0 Å². The molecule has 0 radical (unpaired) electrons. The zero-order chi connectivity index (χ0) is 12.3. The third-order valence-corrected chi connectivity index (χ3v) is 3.25. The molecule has 0 bridgehead atoms. The molecule has 0 rings (SSSR count). The smallest absolute Gasteiger partial charge is 0.0631 e. The van der Waals surface area contributed by atoms with Crippen LogP contribution in [0, 0.1) is 0 Å². The van der Waals surface area contributed by atoms with E-state index in [2.05, 4.69) is 6.92 Å². The van der Waals surface area contributed by atoms with E-state index < -0.39 is 5.60 Å². The number of aliphatic hydroxyl groups is 1. The summed E-state index contributed by atoms with van der Waals surface area (Å²) in [6.07, 6.45) is 12.2. The van der Waals surface area contributed by atoms with E-state index >= 15 is 0 Å². The van der Waals surface area contributed by atoms with Crippen LogP contribution in [-0.4, -0.2) is 17.3 Å². The molecule has 0 amide bonds. The molecule has 0 aliphatic heterocycles. The van der Waals surface area contributed by atoms with Gasteiger partial charge >= 0.3 is 0 Å². The summed E-state index contributed by atoms with van der Waals surface area (Å²) in [5.41, 5.74) is 4.92. The number of unbranched alkanes of at least 4 members (excludes halogenated alkanes) is 7. The van der Waals surface area contributed by atoms with Crippen LogP contribution in [0.4, 0.5) is 0 Å². The van der Waals surface area contributed by atoms with Gasteiger partial charge in [0.25, 0.3) is 0 Å². The monoisotopic (exact) mass is 229 g/mol. The maximum absolute atomic E-state index is 9.91. The fourth-order valence-corrected chi connectivity index (χ4v) is 2.08.